The van der Waals surface area contributed by atoms with Gasteiger partial charge in [0.2, 0.25) is 0 Å². The van der Waals surface area contributed by atoms with Gasteiger partial charge in [-0.3, -0.25) is 4.99 Å². The Bertz CT molecular complexity index is 642. The van der Waals surface area contributed by atoms with Crippen LogP contribution >= 0.6 is 11.3 Å². The molecule has 3 heterocycles. The van der Waals surface area contributed by atoms with E-state index in [1.165, 1.54) is 5.56 Å². The molecule has 0 saturated carbocycles. The van der Waals surface area contributed by atoms with Crippen molar-refractivity contribution in [2.24, 2.45) is 4.99 Å². The van der Waals surface area contributed by atoms with Gasteiger partial charge in [-0.05, 0) is 31.9 Å². The zero-order valence-corrected chi connectivity index (χ0v) is 11.4. The SMILES string of the molecule is Cc1cc(C)c2c(N)c(C3=NCCCN3)sc2n1. The number of fused-ring (bicyclic) bond motifs is 1. The number of pyridine rings is 1. The van der Waals surface area contributed by atoms with Gasteiger partial charge in [-0.25, -0.2) is 4.98 Å². The number of aryl methyl sites for hydroxylation is 2. The average molecular weight is 260 g/mol. The largest absolute Gasteiger partial charge is 0.397 e. The van der Waals surface area contributed by atoms with Gasteiger partial charge in [0.1, 0.15) is 10.7 Å². The lowest BCUT2D eigenvalue weighted by atomic mass is 10.1. The Morgan fingerprint density at radius 2 is 2.22 bits per heavy atom. The van der Waals surface area contributed by atoms with Crippen LogP contribution in [-0.2, 0) is 0 Å². The summed E-state index contributed by atoms with van der Waals surface area (Å²) in [7, 11) is 0. The highest BCUT2D eigenvalue weighted by Crippen LogP contribution is 2.35. The molecule has 0 atom stereocenters. The highest BCUT2D eigenvalue weighted by Gasteiger charge is 2.18. The molecule has 3 N–H and O–H groups in total. The third-order valence-corrected chi connectivity index (χ3v) is 4.24. The van der Waals surface area contributed by atoms with E-state index in [0.717, 1.165) is 51.8 Å². The molecule has 18 heavy (non-hydrogen) atoms. The van der Waals surface area contributed by atoms with Crippen LogP contribution in [0.3, 0.4) is 0 Å². The number of aromatic nitrogens is 1. The van der Waals surface area contributed by atoms with E-state index in [-0.39, 0.29) is 0 Å². The second-order valence-electron chi connectivity index (χ2n) is 4.62. The van der Waals surface area contributed by atoms with Crippen molar-refractivity contribution >= 4 is 33.1 Å². The van der Waals surface area contributed by atoms with Crippen molar-refractivity contribution in [3.63, 3.8) is 0 Å². The third kappa shape index (κ3) is 1.75. The molecule has 0 fully saturated rings. The van der Waals surface area contributed by atoms with Crippen molar-refractivity contribution < 1.29 is 0 Å². The number of nitrogens with one attached hydrogen (secondary N) is 1. The minimum Gasteiger partial charge on any atom is -0.397 e. The number of aliphatic imine (C=N–C) groups is 1. The Kier molecular flexibility index (Phi) is 2.70. The monoisotopic (exact) mass is 260 g/mol. The molecule has 0 aliphatic carbocycles. The first-order valence-electron chi connectivity index (χ1n) is 6.11. The second kappa shape index (κ2) is 4.24. The topological polar surface area (TPSA) is 63.3 Å². The van der Waals surface area contributed by atoms with Gasteiger partial charge < -0.3 is 11.1 Å². The van der Waals surface area contributed by atoms with Crippen molar-refractivity contribution in [1.29, 1.82) is 0 Å². The van der Waals surface area contributed by atoms with E-state index in [9.17, 15) is 0 Å². The molecule has 5 heteroatoms. The number of nitrogens with zero attached hydrogens (tertiary/aromatic N) is 2. The summed E-state index contributed by atoms with van der Waals surface area (Å²) < 4.78 is 0. The fourth-order valence-corrected chi connectivity index (χ4v) is 3.53. The minimum absolute atomic E-state index is 0.813. The Morgan fingerprint density at radius 3 is 2.94 bits per heavy atom. The lowest BCUT2D eigenvalue weighted by Gasteiger charge is -2.13. The van der Waals surface area contributed by atoms with Crippen molar-refractivity contribution in [1.82, 2.24) is 10.3 Å². The van der Waals surface area contributed by atoms with E-state index in [2.05, 4.69) is 28.3 Å². The van der Waals surface area contributed by atoms with Gasteiger partial charge in [0, 0.05) is 24.2 Å². The summed E-state index contributed by atoms with van der Waals surface area (Å²) in [4.78, 5) is 11.1. The number of hydrogen-bond donors (Lipinski definition) is 2. The zero-order chi connectivity index (χ0) is 12.7. The standard InChI is InChI=1S/C13H16N4S/c1-7-6-8(2)17-13-9(7)10(14)11(18-13)12-15-4-3-5-16-12/h6H,3-5,14H2,1-2H3,(H,15,16). The van der Waals surface area contributed by atoms with Gasteiger partial charge in [0.05, 0.1) is 10.6 Å². The first-order valence-corrected chi connectivity index (χ1v) is 6.93. The van der Waals surface area contributed by atoms with Gasteiger partial charge in [-0.1, -0.05) is 0 Å². The molecule has 2 aromatic heterocycles. The lowest BCUT2D eigenvalue weighted by Crippen LogP contribution is -2.29. The predicted molar refractivity (Wildman–Crippen MR) is 77.5 cm³/mol. The number of hydrogen-bond acceptors (Lipinski definition) is 5. The summed E-state index contributed by atoms with van der Waals surface area (Å²) in [6, 6.07) is 2.07. The second-order valence-corrected chi connectivity index (χ2v) is 5.62. The summed E-state index contributed by atoms with van der Waals surface area (Å²) >= 11 is 1.63. The molecule has 0 amide bonds. The van der Waals surface area contributed by atoms with Crippen LogP contribution in [0.4, 0.5) is 5.69 Å². The summed E-state index contributed by atoms with van der Waals surface area (Å²) in [5, 5.41) is 4.40. The highest BCUT2D eigenvalue weighted by molar-refractivity contribution is 7.21. The van der Waals surface area contributed by atoms with Crippen LogP contribution in [0.15, 0.2) is 11.1 Å². The van der Waals surface area contributed by atoms with E-state index in [1.807, 2.05) is 6.92 Å². The van der Waals surface area contributed by atoms with E-state index < -0.39 is 0 Å². The smallest absolute Gasteiger partial charge is 0.140 e. The van der Waals surface area contributed by atoms with Gasteiger partial charge in [-0.2, -0.15) is 0 Å². The van der Waals surface area contributed by atoms with Gasteiger partial charge in [0.25, 0.3) is 0 Å². The zero-order valence-electron chi connectivity index (χ0n) is 10.6. The van der Waals surface area contributed by atoms with E-state index in [0.29, 0.717) is 0 Å². The third-order valence-electron chi connectivity index (χ3n) is 3.14. The number of amidine groups is 1. The summed E-state index contributed by atoms with van der Waals surface area (Å²) in [5.41, 5.74) is 9.31. The number of nitrogen functional groups attached to an aromatic ring is 1. The van der Waals surface area contributed by atoms with E-state index in [1.54, 1.807) is 11.3 Å². The fourth-order valence-electron chi connectivity index (χ4n) is 2.33. The van der Waals surface area contributed by atoms with Crippen LogP contribution in [0.2, 0.25) is 0 Å². The lowest BCUT2D eigenvalue weighted by molar-refractivity contribution is 0.744. The maximum atomic E-state index is 6.27. The van der Waals surface area contributed by atoms with Crippen molar-refractivity contribution in [3.8, 4) is 0 Å². The Morgan fingerprint density at radius 1 is 1.39 bits per heavy atom. The fraction of sp³-hybridized carbons (Fsp3) is 0.385. The summed E-state index contributed by atoms with van der Waals surface area (Å²) in [5.74, 6) is 0.929. The number of nitrogens with two attached hydrogens (primary N) is 1. The van der Waals surface area contributed by atoms with Crippen molar-refractivity contribution in [2.75, 3.05) is 18.8 Å². The molecule has 94 valence electrons. The van der Waals surface area contributed by atoms with Crippen LogP contribution < -0.4 is 11.1 Å². The molecule has 1 aliphatic heterocycles. The average Bonchev–Trinajstić information content (AvgIpc) is 2.67. The van der Waals surface area contributed by atoms with Crippen LogP contribution in [0.5, 0.6) is 0 Å². The summed E-state index contributed by atoms with van der Waals surface area (Å²) in [6.45, 7) is 5.94. The highest BCUT2D eigenvalue weighted by atomic mass is 32.1. The molecule has 2 aromatic rings. The molecule has 3 rings (SSSR count). The quantitative estimate of drug-likeness (QED) is 0.826. The Balaban J connectivity index is 2.22. The molecular formula is C13H16N4S. The number of thiophene rings is 1. The van der Waals surface area contributed by atoms with E-state index >= 15 is 0 Å². The van der Waals surface area contributed by atoms with Crippen LogP contribution in [-0.4, -0.2) is 23.9 Å². The molecule has 0 spiro atoms. The Labute approximate surface area is 110 Å². The molecule has 0 bridgehead atoms. The predicted octanol–water partition coefficient (Wildman–Crippen LogP) is 2.24. The van der Waals surface area contributed by atoms with Crippen LogP contribution in [0.25, 0.3) is 10.2 Å². The number of rotatable bonds is 1. The minimum atomic E-state index is 0.813. The first kappa shape index (κ1) is 11.5. The van der Waals surface area contributed by atoms with Gasteiger partial charge in [-0.15, -0.1) is 11.3 Å². The maximum absolute atomic E-state index is 6.27. The van der Waals surface area contributed by atoms with Crippen LogP contribution in [0, 0.1) is 13.8 Å². The van der Waals surface area contributed by atoms with Gasteiger partial charge in [0.15, 0.2) is 0 Å². The molecule has 0 saturated heterocycles. The normalized spacial score (nSPS) is 15.6. The van der Waals surface area contributed by atoms with Crippen molar-refractivity contribution in [2.45, 2.75) is 20.3 Å². The van der Waals surface area contributed by atoms with E-state index in [4.69, 9.17) is 5.73 Å². The van der Waals surface area contributed by atoms with Gasteiger partial charge >= 0.3 is 0 Å². The first-order chi connectivity index (χ1) is 8.66. The molecule has 1 aliphatic rings. The number of anilines is 1. The van der Waals surface area contributed by atoms with Crippen LogP contribution in [0.1, 0.15) is 22.6 Å². The maximum Gasteiger partial charge on any atom is 0.140 e. The molecular weight excluding hydrogens is 244 g/mol. The molecule has 4 nitrogen and oxygen atoms in total. The Hall–Kier alpha value is -1.62. The molecule has 0 aromatic carbocycles. The molecule has 0 radical (unpaired) electrons. The van der Waals surface area contributed by atoms with Crippen molar-refractivity contribution in [3.05, 3.63) is 22.2 Å². The molecule has 0 unspecified atom stereocenters. The summed E-state index contributed by atoms with van der Waals surface area (Å²) in [6.07, 6.45) is 1.09.